The Morgan fingerprint density at radius 2 is 2.36 bits per heavy atom. The highest BCUT2D eigenvalue weighted by molar-refractivity contribution is 7.07. The maximum absolute atomic E-state index is 11.7. The van der Waals surface area contributed by atoms with Crippen molar-refractivity contribution in [2.45, 2.75) is 32.2 Å². The Balaban J connectivity index is 2.50. The highest BCUT2D eigenvalue weighted by Gasteiger charge is 2.43. The van der Waals surface area contributed by atoms with Crippen LogP contribution in [0, 0.1) is 12.8 Å². The molecule has 0 spiro atoms. The number of aromatic nitrogens is 1. The van der Waals surface area contributed by atoms with Crippen LogP contribution in [-0.4, -0.2) is 11.1 Å². The van der Waals surface area contributed by atoms with E-state index < -0.39 is 0 Å². The minimum absolute atomic E-state index is 0.127. The maximum atomic E-state index is 11.7. The van der Waals surface area contributed by atoms with Crippen molar-refractivity contribution in [2.24, 2.45) is 11.7 Å². The summed E-state index contributed by atoms with van der Waals surface area (Å²) in [4.78, 5) is 11.8. The minimum Gasteiger partial charge on any atom is -0.328 e. The van der Waals surface area contributed by atoms with Crippen LogP contribution in [-0.2, 0) is 5.54 Å². The highest BCUT2D eigenvalue weighted by atomic mass is 32.1. The Morgan fingerprint density at radius 3 is 2.71 bits per heavy atom. The van der Waals surface area contributed by atoms with Crippen molar-refractivity contribution >= 4 is 11.3 Å². The molecule has 1 saturated carbocycles. The monoisotopic (exact) mass is 212 g/mol. The maximum Gasteiger partial charge on any atom is 0.307 e. The molecule has 1 aliphatic rings. The van der Waals surface area contributed by atoms with Crippen molar-refractivity contribution in [3.63, 3.8) is 0 Å². The molecular formula is C10H16N2OS. The van der Waals surface area contributed by atoms with Gasteiger partial charge in [-0.15, -0.1) is 0 Å². The predicted octanol–water partition coefficient (Wildman–Crippen LogP) is 1.30. The molecule has 78 valence electrons. The number of thiazole rings is 1. The van der Waals surface area contributed by atoms with Crippen molar-refractivity contribution in [3.05, 3.63) is 20.7 Å². The van der Waals surface area contributed by atoms with E-state index in [1.54, 1.807) is 0 Å². The molecule has 1 heterocycles. The van der Waals surface area contributed by atoms with Crippen LogP contribution >= 0.6 is 11.3 Å². The predicted molar refractivity (Wildman–Crippen MR) is 58.7 cm³/mol. The molecule has 1 aromatic rings. The van der Waals surface area contributed by atoms with Gasteiger partial charge in [0, 0.05) is 17.6 Å². The van der Waals surface area contributed by atoms with Gasteiger partial charge in [-0.1, -0.05) is 11.3 Å². The van der Waals surface area contributed by atoms with Gasteiger partial charge in [0.25, 0.3) is 0 Å². The molecule has 1 unspecified atom stereocenters. The molecule has 0 saturated heterocycles. The zero-order valence-corrected chi connectivity index (χ0v) is 9.43. The summed E-state index contributed by atoms with van der Waals surface area (Å²) in [6.45, 7) is 4.63. The Hall–Kier alpha value is -0.610. The fourth-order valence-corrected chi connectivity index (χ4v) is 2.98. The van der Waals surface area contributed by atoms with Crippen LogP contribution in [0.25, 0.3) is 0 Å². The third-order valence-electron chi connectivity index (χ3n) is 3.25. The van der Waals surface area contributed by atoms with Crippen molar-refractivity contribution < 1.29 is 0 Å². The summed E-state index contributed by atoms with van der Waals surface area (Å²) in [5.74, 6) is 0.596. The van der Waals surface area contributed by atoms with Gasteiger partial charge in [0.05, 0.1) is 5.54 Å². The topological polar surface area (TPSA) is 48.0 Å². The van der Waals surface area contributed by atoms with E-state index in [1.807, 2.05) is 16.9 Å². The summed E-state index contributed by atoms with van der Waals surface area (Å²) >= 11 is 1.27. The van der Waals surface area contributed by atoms with E-state index in [4.69, 9.17) is 5.73 Å². The quantitative estimate of drug-likeness (QED) is 0.821. The molecule has 3 nitrogen and oxygen atoms in total. The van der Waals surface area contributed by atoms with Gasteiger partial charge in [0.2, 0.25) is 0 Å². The van der Waals surface area contributed by atoms with Gasteiger partial charge < -0.3 is 5.73 Å². The van der Waals surface area contributed by atoms with Gasteiger partial charge in [-0.2, -0.15) is 0 Å². The molecule has 1 aliphatic carbocycles. The largest absolute Gasteiger partial charge is 0.328 e. The Labute approximate surface area is 87.6 Å². The molecule has 2 N–H and O–H groups in total. The second-order valence-electron chi connectivity index (χ2n) is 4.31. The van der Waals surface area contributed by atoms with Gasteiger partial charge in [-0.05, 0) is 32.6 Å². The van der Waals surface area contributed by atoms with Crippen molar-refractivity contribution in [1.82, 2.24) is 4.57 Å². The molecule has 4 heteroatoms. The second kappa shape index (κ2) is 3.21. The minimum atomic E-state index is -0.152. The third kappa shape index (κ3) is 1.33. The van der Waals surface area contributed by atoms with Gasteiger partial charge in [0.15, 0.2) is 0 Å². The van der Waals surface area contributed by atoms with Gasteiger partial charge >= 0.3 is 4.87 Å². The average Bonchev–Trinajstić information content (AvgIpc) is 2.94. The van der Waals surface area contributed by atoms with Crippen LogP contribution in [0.3, 0.4) is 0 Å². The van der Waals surface area contributed by atoms with E-state index in [-0.39, 0.29) is 10.4 Å². The molecule has 0 aliphatic heterocycles. The first kappa shape index (κ1) is 9.93. The molecule has 2 rings (SSSR count). The molecule has 0 radical (unpaired) electrons. The van der Waals surface area contributed by atoms with Crippen molar-refractivity contribution in [2.75, 3.05) is 6.54 Å². The molecule has 1 fully saturated rings. The molecular weight excluding hydrogens is 196 g/mol. The van der Waals surface area contributed by atoms with Crippen LogP contribution in [0.1, 0.15) is 25.5 Å². The highest BCUT2D eigenvalue weighted by Crippen LogP contribution is 2.43. The number of nitrogens with two attached hydrogens (primary N) is 1. The number of rotatable bonds is 3. The van der Waals surface area contributed by atoms with E-state index in [1.165, 1.54) is 24.2 Å². The number of aryl methyl sites for hydroxylation is 1. The molecule has 0 amide bonds. The summed E-state index contributed by atoms with van der Waals surface area (Å²) in [5, 5.41) is 1.92. The van der Waals surface area contributed by atoms with Crippen LogP contribution in [0.4, 0.5) is 0 Å². The summed E-state index contributed by atoms with van der Waals surface area (Å²) in [6.07, 6.45) is 2.41. The van der Waals surface area contributed by atoms with Crippen molar-refractivity contribution in [1.29, 1.82) is 0 Å². The van der Waals surface area contributed by atoms with E-state index in [0.29, 0.717) is 12.5 Å². The van der Waals surface area contributed by atoms with Crippen LogP contribution in [0.2, 0.25) is 0 Å². The molecule has 14 heavy (non-hydrogen) atoms. The first-order valence-electron chi connectivity index (χ1n) is 4.97. The van der Waals surface area contributed by atoms with E-state index in [0.717, 1.165) is 5.69 Å². The standard InChI is InChI=1S/C10H16N2OS/c1-7-5-14-9(13)12(7)10(2,6-11)8-3-4-8/h5,8H,3-4,6,11H2,1-2H3. The van der Waals surface area contributed by atoms with Crippen LogP contribution in [0.5, 0.6) is 0 Å². The fourth-order valence-electron chi connectivity index (χ4n) is 2.14. The number of hydrogen-bond acceptors (Lipinski definition) is 3. The smallest absolute Gasteiger partial charge is 0.307 e. The average molecular weight is 212 g/mol. The molecule has 1 atom stereocenters. The van der Waals surface area contributed by atoms with Gasteiger partial charge in [-0.3, -0.25) is 9.36 Å². The number of nitrogens with zero attached hydrogens (tertiary/aromatic N) is 1. The molecule has 1 aromatic heterocycles. The van der Waals surface area contributed by atoms with Gasteiger partial charge in [0.1, 0.15) is 0 Å². The SMILES string of the molecule is Cc1csc(=O)n1C(C)(CN)C1CC1. The second-order valence-corrected chi connectivity index (χ2v) is 5.13. The summed E-state index contributed by atoms with van der Waals surface area (Å²) < 4.78 is 1.88. The van der Waals surface area contributed by atoms with Crippen LogP contribution in [0.15, 0.2) is 10.2 Å². The fraction of sp³-hybridized carbons (Fsp3) is 0.700. The molecule has 0 bridgehead atoms. The lowest BCUT2D eigenvalue weighted by atomic mass is 9.95. The number of hydrogen-bond donors (Lipinski definition) is 1. The lowest BCUT2D eigenvalue weighted by molar-refractivity contribution is 0.272. The van der Waals surface area contributed by atoms with E-state index in [9.17, 15) is 4.79 Å². The molecule has 0 aromatic carbocycles. The lowest BCUT2D eigenvalue weighted by Gasteiger charge is -2.30. The Bertz CT molecular complexity index is 391. The summed E-state index contributed by atoms with van der Waals surface area (Å²) in [7, 11) is 0. The van der Waals surface area contributed by atoms with E-state index >= 15 is 0 Å². The van der Waals surface area contributed by atoms with Gasteiger partial charge in [-0.25, -0.2) is 0 Å². The third-order valence-corrected chi connectivity index (χ3v) is 4.09. The first-order valence-corrected chi connectivity index (χ1v) is 5.85. The zero-order chi connectivity index (χ0) is 10.3. The van der Waals surface area contributed by atoms with Crippen LogP contribution < -0.4 is 10.6 Å². The zero-order valence-electron chi connectivity index (χ0n) is 8.62. The Kier molecular flexibility index (Phi) is 2.27. The first-order chi connectivity index (χ1) is 6.59. The Morgan fingerprint density at radius 1 is 1.71 bits per heavy atom. The summed E-state index contributed by atoms with van der Waals surface area (Å²) in [5.41, 5.74) is 6.71. The van der Waals surface area contributed by atoms with Crippen molar-refractivity contribution in [3.8, 4) is 0 Å². The van der Waals surface area contributed by atoms with E-state index in [2.05, 4.69) is 6.92 Å². The summed E-state index contributed by atoms with van der Waals surface area (Å²) in [6, 6.07) is 0. The lowest BCUT2D eigenvalue weighted by Crippen LogP contribution is -2.45. The normalized spacial score (nSPS) is 20.8.